The second-order valence-electron chi connectivity index (χ2n) is 9.58. The van der Waals surface area contributed by atoms with Crippen LogP contribution in [0.3, 0.4) is 0 Å². The van der Waals surface area contributed by atoms with Crippen LogP contribution in [0.15, 0.2) is 0 Å². The van der Waals surface area contributed by atoms with Crippen LogP contribution in [0.4, 0.5) is 0 Å². The van der Waals surface area contributed by atoms with E-state index >= 15 is 0 Å². The van der Waals surface area contributed by atoms with Gasteiger partial charge >= 0.3 is 0 Å². The normalized spacial score (nSPS) is 12.5. The average Bonchev–Trinajstić information content (AvgIpc) is 2.71. The van der Waals surface area contributed by atoms with Crippen LogP contribution in [0, 0.1) is 12.8 Å². The van der Waals surface area contributed by atoms with Crippen molar-refractivity contribution in [3.63, 3.8) is 0 Å². The molecule has 0 spiro atoms. The van der Waals surface area contributed by atoms with Gasteiger partial charge in [-0.3, -0.25) is 0 Å². The van der Waals surface area contributed by atoms with Gasteiger partial charge in [0.05, 0.1) is 0 Å². The lowest BCUT2D eigenvalue weighted by Gasteiger charge is -2.07. The summed E-state index contributed by atoms with van der Waals surface area (Å²) >= 11 is 0. The molecule has 0 bridgehead atoms. The van der Waals surface area contributed by atoms with E-state index in [1.54, 1.807) is 0 Å². The zero-order chi connectivity index (χ0) is 20.5. The molecule has 28 heavy (non-hydrogen) atoms. The second-order valence-corrected chi connectivity index (χ2v) is 9.58. The van der Waals surface area contributed by atoms with Crippen molar-refractivity contribution in [2.24, 2.45) is 5.92 Å². The fourth-order valence-corrected chi connectivity index (χ4v) is 4.23. The summed E-state index contributed by atoms with van der Waals surface area (Å²) in [7, 11) is 0. The highest BCUT2D eigenvalue weighted by molar-refractivity contribution is 4.53. The van der Waals surface area contributed by atoms with Crippen molar-refractivity contribution < 1.29 is 0 Å². The predicted molar refractivity (Wildman–Crippen MR) is 131 cm³/mol. The van der Waals surface area contributed by atoms with Crippen LogP contribution in [0.1, 0.15) is 168 Å². The van der Waals surface area contributed by atoms with Crippen molar-refractivity contribution >= 4 is 0 Å². The molecule has 0 heteroatoms. The maximum Gasteiger partial charge on any atom is -0.0445 e. The van der Waals surface area contributed by atoms with Crippen LogP contribution < -0.4 is 0 Å². The second kappa shape index (κ2) is 25.0. The number of rotatable bonds is 24. The van der Waals surface area contributed by atoms with E-state index in [4.69, 9.17) is 0 Å². The SMILES string of the molecule is [CH2]CCCCCCCCCCCCCCCCCCCCCCCC(C)CC. The van der Waals surface area contributed by atoms with E-state index in [0.717, 1.165) is 12.3 Å². The van der Waals surface area contributed by atoms with Crippen LogP contribution in [0.5, 0.6) is 0 Å². The van der Waals surface area contributed by atoms with E-state index in [2.05, 4.69) is 20.8 Å². The number of hydrogen-bond donors (Lipinski definition) is 0. The van der Waals surface area contributed by atoms with Crippen LogP contribution in [0.25, 0.3) is 0 Å². The Labute approximate surface area is 181 Å². The molecule has 0 aromatic carbocycles. The molecular formula is C28H57. The Hall–Kier alpha value is 0. The minimum Gasteiger partial charge on any atom is -0.0651 e. The Kier molecular flexibility index (Phi) is 25.0. The van der Waals surface area contributed by atoms with E-state index < -0.39 is 0 Å². The quantitative estimate of drug-likeness (QED) is 0.143. The molecule has 0 aliphatic carbocycles. The van der Waals surface area contributed by atoms with Crippen molar-refractivity contribution in [3.05, 3.63) is 6.92 Å². The molecule has 0 rings (SSSR count). The molecule has 0 saturated carbocycles. The van der Waals surface area contributed by atoms with E-state index in [1.807, 2.05) is 0 Å². The summed E-state index contributed by atoms with van der Waals surface area (Å²) in [6, 6.07) is 0. The minimum absolute atomic E-state index is 0.948. The molecule has 0 aromatic rings. The third-order valence-electron chi connectivity index (χ3n) is 6.64. The molecule has 0 aromatic heterocycles. The molecule has 0 N–H and O–H groups in total. The predicted octanol–water partition coefficient (Wildman–Crippen LogP) is 10.8. The summed E-state index contributed by atoms with van der Waals surface area (Å²) in [6.07, 6.45) is 34.8. The van der Waals surface area contributed by atoms with Gasteiger partial charge in [-0.05, 0) is 5.92 Å². The first-order chi connectivity index (χ1) is 13.8. The van der Waals surface area contributed by atoms with Crippen molar-refractivity contribution in [3.8, 4) is 0 Å². The van der Waals surface area contributed by atoms with Crippen LogP contribution in [-0.2, 0) is 0 Å². The van der Waals surface area contributed by atoms with Gasteiger partial charge in [-0.1, -0.05) is 175 Å². The first-order valence-corrected chi connectivity index (χ1v) is 13.6. The molecule has 0 nitrogen and oxygen atoms in total. The molecule has 1 unspecified atom stereocenters. The van der Waals surface area contributed by atoms with E-state index in [1.165, 1.54) is 148 Å². The van der Waals surface area contributed by atoms with Crippen molar-refractivity contribution in [2.45, 2.75) is 168 Å². The molecule has 0 saturated heterocycles. The first-order valence-electron chi connectivity index (χ1n) is 13.6. The van der Waals surface area contributed by atoms with Gasteiger partial charge in [-0.15, -0.1) is 0 Å². The third-order valence-corrected chi connectivity index (χ3v) is 6.64. The van der Waals surface area contributed by atoms with Crippen molar-refractivity contribution in [2.75, 3.05) is 0 Å². The van der Waals surface area contributed by atoms with Crippen molar-refractivity contribution in [1.82, 2.24) is 0 Å². The van der Waals surface area contributed by atoms with Crippen LogP contribution >= 0.6 is 0 Å². The highest BCUT2D eigenvalue weighted by Gasteiger charge is 1.98. The molecule has 0 heterocycles. The largest absolute Gasteiger partial charge is 0.0651 e. The van der Waals surface area contributed by atoms with E-state index in [0.29, 0.717) is 0 Å². The zero-order valence-corrected chi connectivity index (χ0v) is 20.3. The lowest BCUT2D eigenvalue weighted by Crippen LogP contribution is -1.91. The Morgan fingerprint density at radius 1 is 0.429 bits per heavy atom. The smallest absolute Gasteiger partial charge is 0.0445 e. The van der Waals surface area contributed by atoms with E-state index in [-0.39, 0.29) is 0 Å². The first kappa shape index (κ1) is 28.0. The van der Waals surface area contributed by atoms with Gasteiger partial charge in [-0.2, -0.15) is 0 Å². The number of unbranched alkanes of at least 4 members (excludes halogenated alkanes) is 21. The highest BCUT2D eigenvalue weighted by Crippen LogP contribution is 2.16. The third kappa shape index (κ3) is 24.0. The van der Waals surface area contributed by atoms with Gasteiger partial charge in [-0.25, -0.2) is 0 Å². The number of hydrogen-bond acceptors (Lipinski definition) is 0. The lowest BCUT2D eigenvalue weighted by molar-refractivity contribution is 0.468. The summed E-state index contributed by atoms with van der Waals surface area (Å²) in [6.45, 7) is 8.63. The molecule has 0 aliphatic rings. The van der Waals surface area contributed by atoms with E-state index in [9.17, 15) is 0 Å². The fourth-order valence-electron chi connectivity index (χ4n) is 4.23. The Morgan fingerprint density at radius 3 is 0.929 bits per heavy atom. The van der Waals surface area contributed by atoms with Gasteiger partial charge in [0, 0.05) is 0 Å². The standard InChI is InChI=1S/C28H57/c1-4-6-7-8-9-10-11-12-13-14-15-16-17-18-19-20-21-22-23-24-25-26-27-28(3)5-2/h28H,1,4-27H2,2-3H3. The highest BCUT2D eigenvalue weighted by atomic mass is 14.0. The molecule has 0 amide bonds. The zero-order valence-electron chi connectivity index (χ0n) is 20.3. The lowest BCUT2D eigenvalue weighted by atomic mass is 9.99. The van der Waals surface area contributed by atoms with Crippen LogP contribution in [-0.4, -0.2) is 0 Å². The summed E-state index contributed by atoms with van der Waals surface area (Å²) < 4.78 is 0. The fraction of sp³-hybridized carbons (Fsp3) is 0.964. The van der Waals surface area contributed by atoms with Gasteiger partial charge in [0.15, 0.2) is 0 Å². The summed E-state index contributed by atoms with van der Waals surface area (Å²) in [5, 5.41) is 0. The summed E-state index contributed by atoms with van der Waals surface area (Å²) in [5.41, 5.74) is 0. The molecule has 0 aliphatic heterocycles. The minimum atomic E-state index is 0.948. The topological polar surface area (TPSA) is 0 Å². The van der Waals surface area contributed by atoms with Gasteiger partial charge in [0.1, 0.15) is 0 Å². The Balaban J connectivity index is 3.00. The van der Waals surface area contributed by atoms with Gasteiger partial charge < -0.3 is 0 Å². The molecule has 0 fully saturated rings. The van der Waals surface area contributed by atoms with Gasteiger partial charge in [0.25, 0.3) is 0 Å². The molecule has 1 radical (unpaired) electrons. The Bertz CT molecular complexity index is 257. The maximum atomic E-state index is 3.91. The molecule has 169 valence electrons. The summed E-state index contributed by atoms with van der Waals surface area (Å²) in [5.74, 6) is 0.948. The summed E-state index contributed by atoms with van der Waals surface area (Å²) in [4.78, 5) is 0. The average molecular weight is 394 g/mol. The van der Waals surface area contributed by atoms with Gasteiger partial charge in [0.2, 0.25) is 0 Å². The maximum absolute atomic E-state index is 3.91. The van der Waals surface area contributed by atoms with Crippen molar-refractivity contribution in [1.29, 1.82) is 0 Å². The van der Waals surface area contributed by atoms with Crippen LogP contribution in [0.2, 0.25) is 0 Å². The monoisotopic (exact) mass is 393 g/mol. The Morgan fingerprint density at radius 2 is 0.679 bits per heavy atom. The molecular weight excluding hydrogens is 336 g/mol. The molecule has 1 atom stereocenters.